The van der Waals surface area contributed by atoms with E-state index in [1.54, 1.807) is 13.2 Å². The van der Waals surface area contributed by atoms with Crippen LogP contribution in [0.3, 0.4) is 0 Å². The van der Waals surface area contributed by atoms with Crippen molar-refractivity contribution in [1.82, 2.24) is 5.32 Å². The lowest BCUT2D eigenvalue weighted by Crippen LogP contribution is -2.20. The average Bonchev–Trinajstić information content (AvgIpc) is 2.26. The normalized spacial score (nSPS) is 10.8. The maximum absolute atomic E-state index is 13.7. The van der Waals surface area contributed by atoms with E-state index >= 15 is 0 Å². The Morgan fingerprint density at radius 3 is 2.65 bits per heavy atom. The van der Waals surface area contributed by atoms with Crippen LogP contribution in [0.5, 0.6) is 0 Å². The largest absolute Gasteiger partial charge is 0.383 e. The summed E-state index contributed by atoms with van der Waals surface area (Å²) in [6.45, 7) is 6.37. The van der Waals surface area contributed by atoms with Crippen LogP contribution in [0, 0.1) is 19.7 Å². The Labute approximate surface area is 103 Å². The highest BCUT2D eigenvalue weighted by molar-refractivity contribution is 5.32. The molecule has 1 aromatic rings. The summed E-state index contributed by atoms with van der Waals surface area (Å²) >= 11 is 0. The smallest absolute Gasteiger partial charge is 0.126 e. The number of halogens is 1. The van der Waals surface area contributed by atoms with Crippen LogP contribution in [0.1, 0.15) is 23.1 Å². The van der Waals surface area contributed by atoms with Crippen LogP contribution in [0.15, 0.2) is 12.1 Å². The number of hydrogen-bond acceptors (Lipinski definition) is 2. The van der Waals surface area contributed by atoms with Gasteiger partial charge in [0.2, 0.25) is 0 Å². The average molecular weight is 239 g/mol. The Balaban J connectivity index is 2.36. The quantitative estimate of drug-likeness (QED) is 0.738. The summed E-state index contributed by atoms with van der Waals surface area (Å²) in [5, 5.41) is 3.26. The molecule has 0 saturated heterocycles. The van der Waals surface area contributed by atoms with Crippen molar-refractivity contribution in [1.29, 1.82) is 0 Å². The minimum absolute atomic E-state index is 0.0700. The molecule has 1 rings (SSSR count). The Morgan fingerprint density at radius 2 is 2.00 bits per heavy atom. The van der Waals surface area contributed by atoms with Crippen molar-refractivity contribution < 1.29 is 9.13 Å². The summed E-state index contributed by atoms with van der Waals surface area (Å²) in [5.41, 5.74) is 2.89. The summed E-state index contributed by atoms with van der Waals surface area (Å²) in [5.74, 6) is -0.0700. The Morgan fingerprint density at radius 1 is 1.24 bits per heavy atom. The maximum atomic E-state index is 13.7. The number of aryl methyl sites for hydroxylation is 2. The van der Waals surface area contributed by atoms with Gasteiger partial charge in [0.15, 0.2) is 0 Å². The molecular formula is C14H22FNO. The van der Waals surface area contributed by atoms with Crippen molar-refractivity contribution in [2.75, 3.05) is 26.8 Å². The van der Waals surface area contributed by atoms with Gasteiger partial charge in [-0.25, -0.2) is 4.39 Å². The van der Waals surface area contributed by atoms with Crippen molar-refractivity contribution in [2.45, 2.75) is 26.7 Å². The predicted molar refractivity (Wildman–Crippen MR) is 68.9 cm³/mol. The van der Waals surface area contributed by atoms with Gasteiger partial charge in [-0.1, -0.05) is 6.07 Å². The van der Waals surface area contributed by atoms with Crippen molar-refractivity contribution in [2.24, 2.45) is 0 Å². The third kappa shape index (κ3) is 4.84. The zero-order valence-electron chi connectivity index (χ0n) is 11.0. The van der Waals surface area contributed by atoms with Crippen LogP contribution in [0.25, 0.3) is 0 Å². The fraction of sp³-hybridized carbons (Fsp3) is 0.571. The second kappa shape index (κ2) is 7.41. The van der Waals surface area contributed by atoms with Crippen LogP contribution in [0.2, 0.25) is 0 Å². The molecule has 0 amide bonds. The molecule has 96 valence electrons. The van der Waals surface area contributed by atoms with Gasteiger partial charge in [0.25, 0.3) is 0 Å². The van der Waals surface area contributed by atoms with E-state index in [1.807, 2.05) is 19.9 Å². The summed E-state index contributed by atoms with van der Waals surface area (Å²) in [7, 11) is 1.69. The number of methoxy groups -OCH3 is 1. The summed E-state index contributed by atoms with van der Waals surface area (Å²) in [6.07, 6.45) is 1.74. The number of ether oxygens (including phenoxy) is 1. The predicted octanol–water partition coefficient (Wildman–Crippen LogP) is 2.61. The molecule has 1 N–H and O–H groups in total. The number of nitrogens with one attached hydrogen (secondary N) is 1. The van der Waals surface area contributed by atoms with Crippen molar-refractivity contribution in [3.05, 3.63) is 34.6 Å². The van der Waals surface area contributed by atoms with Gasteiger partial charge in [-0.15, -0.1) is 0 Å². The topological polar surface area (TPSA) is 21.3 Å². The zero-order chi connectivity index (χ0) is 12.7. The SMILES string of the molecule is COCCNCCCc1c(C)cc(C)cc1F. The molecule has 0 atom stereocenters. The highest BCUT2D eigenvalue weighted by Crippen LogP contribution is 2.17. The van der Waals surface area contributed by atoms with Crippen LogP contribution in [-0.4, -0.2) is 26.8 Å². The second-order valence-corrected chi connectivity index (χ2v) is 4.39. The lowest BCUT2D eigenvalue weighted by Gasteiger charge is -2.09. The van der Waals surface area contributed by atoms with Crippen molar-refractivity contribution in [3.8, 4) is 0 Å². The third-order valence-corrected chi connectivity index (χ3v) is 2.83. The summed E-state index contributed by atoms with van der Waals surface area (Å²) in [4.78, 5) is 0. The molecule has 0 unspecified atom stereocenters. The van der Waals surface area contributed by atoms with E-state index in [9.17, 15) is 4.39 Å². The van der Waals surface area contributed by atoms with Gasteiger partial charge in [0, 0.05) is 13.7 Å². The van der Waals surface area contributed by atoms with Crippen LogP contribution >= 0.6 is 0 Å². The lowest BCUT2D eigenvalue weighted by atomic mass is 10.0. The first-order valence-corrected chi connectivity index (χ1v) is 6.10. The maximum Gasteiger partial charge on any atom is 0.126 e. The molecule has 0 aliphatic carbocycles. The van der Waals surface area contributed by atoms with Crippen LogP contribution in [-0.2, 0) is 11.2 Å². The van der Waals surface area contributed by atoms with Gasteiger partial charge in [-0.2, -0.15) is 0 Å². The van der Waals surface area contributed by atoms with E-state index in [-0.39, 0.29) is 5.82 Å². The summed E-state index contributed by atoms with van der Waals surface area (Å²) < 4.78 is 18.6. The van der Waals surface area contributed by atoms with E-state index in [4.69, 9.17) is 4.74 Å². The molecule has 0 aliphatic heterocycles. The van der Waals surface area contributed by atoms with E-state index in [0.29, 0.717) is 0 Å². The van der Waals surface area contributed by atoms with Crippen molar-refractivity contribution >= 4 is 0 Å². The van der Waals surface area contributed by atoms with E-state index in [0.717, 1.165) is 49.2 Å². The highest BCUT2D eigenvalue weighted by atomic mass is 19.1. The molecule has 1 aromatic carbocycles. The summed E-state index contributed by atoms with van der Waals surface area (Å²) in [6, 6.07) is 3.65. The first-order chi connectivity index (χ1) is 8.15. The monoisotopic (exact) mass is 239 g/mol. The van der Waals surface area contributed by atoms with Gasteiger partial charge in [0.05, 0.1) is 6.61 Å². The molecule has 0 radical (unpaired) electrons. The van der Waals surface area contributed by atoms with Crippen molar-refractivity contribution in [3.63, 3.8) is 0 Å². The van der Waals surface area contributed by atoms with Gasteiger partial charge in [-0.05, 0) is 56.0 Å². The Bertz CT molecular complexity index is 329. The van der Waals surface area contributed by atoms with E-state index in [1.165, 1.54) is 0 Å². The number of benzene rings is 1. The number of rotatable bonds is 7. The fourth-order valence-corrected chi connectivity index (χ4v) is 1.95. The standard InChI is InChI=1S/C14H22FNO/c1-11-9-12(2)13(14(15)10-11)5-4-6-16-7-8-17-3/h9-10,16H,4-8H2,1-3H3. The molecule has 0 aliphatic rings. The molecule has 3 heteroatoms. The second-order valence-electron chi connectivity index (χ2n) is 4.39. The number of hydrogen-bond donors (Lipinski definition) is 1. The molecule has 0 heterocycles. The fourth-order valence-electron chi connectivity index (χ4n) is 1.95. The van der Waals surface area contributed by atoms with Gasteiger partial charge < -0.3 is 10.1 Å². The molecule has 17 heavy (non-hydrogen) atoms. The Hall–Kier alpha value is -0.930. The Kier molecular flexibility index (Phi) is 6.16. The van der Waals surface area contributed by atoms with Crippen LogP contribution in [0.4, 0.5) is 4.39 Å². The third-order valence-electron chi connectivity index (χ3n) is 2.83. The van der Waals surface area contributed by atoms with Gasteiger partial charge in [-0.3, -0.25) is 0 Å². The molecule has 0 saturated carbocycles. The first kappa shape index (κ1) is 14.1. The molecule has 0 aromatic heterocycles. The molecule has 0 fully saturated rings. The minimum Gasteiger partial charge on any atom is -0.383 e. The molecular weight excluding hydrogens is 217 g/mol. The molecule has 0 bridgehead atoms. The van der Waals surface area contributed by atoms with E-state index in [2.05, 4.69) is 5.32 Å². The van der Waals surface area contributed by atoms with Gasteiger partial charge >= 0.3 is 0 Å². The lowest BCUT2D eigenvalue weighted by molar-refractivity contribution is 0.199. The molecule has 0 spiro atoms. The first-order valence-electron chi connectivity index (χ1n) is 6.10. The van der Waals surface area contributed by atoms with Gasteiger partial charge in [0.1, 0.15) is 5.82 Å². The van der Waals surface area contributed by atoms with Crippen LogP contribution < -0.4 is 5.32 Å². The van der Waals surface area contributed by atoms with E-state index < -0.39 is 0 Å². The molecule has 2 nitrogen and oxygen atoms in total. The minimum atomic E-state index is -0.0700. The highest BCUT2D eigenvalue weighted by Gasteiger charge is 2.06. The zero-order valence-corrected chi connectivity index (χ0v) is 11.0.